The molecule has 118 valence electrons. The monoisotopic (exact) mass is 285 g/mol. The van der Waals surface area contributed by atoms with Gasteiger partial charge in [-0.3, -0.25) is 0 Å². The van der Waals surface area contributed by atoms with Gasteiger partial charge < -0.3 is 19.5 Å². The number of ether oxygens (including phenoxy) is 2. The Hall–Kier alpha value is -0.160. The van der Waals surface area contributed by atoms with Gasteiger partial charge in [0.05, 0.1) is 18.8 Å². The van der Waals surface area contributed by atoms with Crippen molar-refractivity contribution in [2.24, 2.45) is 11.8 Å². The van der Waals surface area contributed by atoms with E-state index >= 15 is 0 Å². The smallest absolute Gasteiger partial charge is 0.0900 e. The van der Waals surface area contributed by atoms with Crippen molar-refractivity contribution in [3.8, 4) is 0 Å². The lowest BCUT2D eigenvalue weighted by molar-refractivity contribution is -0.0643. The predicted octanol–water partition coefficient (Wildman–Crippen LogP) is 1.91. The minimum atomic E-state index is -0.363. The Kier molecular flexibility index (Phi) is 6.75. The fourth-order valence-corrected chi connectivity index (χ4v) is 3.42. The summed E-state index contributed by atoms with van der Waals surface area (Å²) in [6, 6.07) is 0. The average molecular weight is 285 g/mol. The number of likely N-dealkylation sites (tertiary alicyclic amines) is 1. The second kappa shape index (κ2) is 8.32. The summed E-state index contributed by atoms with van der Waals surface area (Å²) in [4.78, 5) is 2.41. The molecule has 2 saturated heterocycles. The highest BCUT2D eigenvalue weighted by Crippen LogP contribution is 2.21. The van der Waals surface area contributed by atoms with Crippen LogP contribution in [0.15, 0.2) is 0 Å². The molecule has 2 rings (SSSR count). The molecular formula is C16H31NO3. The van der Waals surface area contributed by atoms with Crippen LogP contribution in [0.4, 0.5) is 0 Å². The molecule has 3 unspecified atom stereocenters. The number of hydrogen-bond acceptors (Lipinski definition) is 4. The van der Waals surface area contributed by atoms with Crippen LogP contribution in [0.2, 0.25) is 0 Å². The van der Waals surface area contributed by atoms with Crippen LogP contribution in [0.5, 0.6) is 0 Å². The van der Waals surface area contributed by atoms with Crippen LogP contribution in [0, 0.1) is 11.8 Å². The van der Waals surface area contributed by atoms with Crippen molar-refractivity contribution in [2.75, 3.05) is 39.5 Å². The largest absolute Gasteiger partial charge is 0.389 e. The van der Waals surface area contributed by atoms with Gasteiger partial charge in [-0.2, -0.15) is 0 Å². The van der Waals surface area contributed by atoms with Crippen molar-refractivity contribution in [1.29, 1.82) is 0 Å². The molecule has 0 radical (unpaired) electrons. The molecule has 3 atom stereocenters. The van der Waals surface area contributed by atoms with Crippen LogP contribution >= 0.6 is 0 Å². The first kappa shape index (κ1) is 16.2. The zero-order chi connectivity index (χ0) is 14.4. The predicted molar refractivity (Wildman–Crippen MR) is 79.8 cm³/mol. The van der Waals surface area contributed by atoms with E-state index in [9.17, 15) is 5.11 Å². The summed E-state index contributed by atoms with van der Waals surface area (Å²) < 4.78 is 11.1. The van der Waals surface area contributed by atoms with E-state index in [1.54, 1.807) is 0 Å². The Morgan fingerprint density at radius 2 is 1.95 bits per heavy atom. The first-order valence-electron chi connectivity index (χ1n) is 8.23. The molecule has 0 aliphatic carbocycles. The number of aliphatic hydroxyl groups excluding tert-OH is 1. The molecule has 2 fully saturated rings. The summed E-state index contributed by atoms with van der Waals surface area (Å²) in [7, 11) is 0. The quantitative estimate of drug-likeness (QED) is 0.838. The van der Waals surface area contributed by atoms with E-state index in [0.29, 0.717) is 6.61 Å². The molecule has 1 N–H and O–H groups in total. The molecule has 2 heterocycles. The van der Waals surface area contributed by atoms with Gasteiger partial charge in [0.25, 0.3) is 0 Å². The van der Waals surface area contributed by atoms with Gasteiger partial charge in [0, 0.05) is 26.3 Å². The maximum absolute atomic E-state index is 10.2. The molecule has 0 aromatic heterocycles. The Morgan fingerprint density at radius 1 is 1.20 bits per heavy atom. The van der Waals surface area contributed by atoms with E-state index in [1.807, 2.05) is 0 Å². The molecule has 4 heteroatoms. The minimum absolute atomic E-state index is 0.279. The van der Waals surface area contributed by atoms with Crippen LogP contribution in [0.25, 0.3) is 0 Å². The third kappa shape index (κ3) is 5.68. The number of aliphatic hydroxyl groups is 1. The van der Waals surface area contributed by atoms with Gasteiger partial charge in [-0.05, 0) is 44.1 Å². The molecule has 0 bridgehead atoms. The van der Waals surface area contributed by atoms with Crippen molar-refractivity contribution < 1.29 is 14.6 Å². The molecule has 2 aliphatic heterocycles. The molecule has 2 aliphatic rings. The van der Waals surface area contributed by atoms with E-state index in [0.717, 1.165) is 57.5 Å². The Bertz CT molecular complexity index is 268. The summed E-state index contributed by atoms with van der Waals surface area (Å²) >= 11 is 0. The fraction of sp³-hybridized carbons (Fsp3) is 1.00. The molecule has 0 saturated carbocycles. The minimum Gasteiger partial charge on any atom is -0.389 e. The third-order valence-electron chi connectivity index (χ3n) is 4.47. The first-order valence-corrected chi connectivity index (χ1v) is 8.23. The average Bonchev–Trinajstić information content (AvgIpc) is 2.58. The van der Waals surface area contributed by atoms with Gasteiger partial charge in [0.2, 0.25) is 0 Å². The number of hydrogen-bond donors (Lipinski definition) is 1. The second-order valence-electron chi connectivity index (χ2n) is 6.79. The summed E-state index contributed by atoms with van der Waals surface area (Å²) in [5.74, 6) is 1.54. The first-order chi connectivity index (χ1) is 9.63. The van der Waals surface area contributed by atoms with Crippen molar-refractivity contribution >= 4 is 0 Å². The standard InChI is InChI=1S/C16H31NO3/c1-13-3-6-17(10-14(2)9-13)11-15(18)12-20-16-4-7-19-8-5-16/h13-16,18H,3-12H2,1-2H3. The van der Waals surface area contributed by atoms with Gasteiger partial charge in [-0.15, -0.1) is 0 Å². The molecule has 20 heavy (non-hydrogen) atoms. The normalized spacial score (nSPS) is 31.9. The van der Waals surface area contributed by atoms with Crippen LogP contribution in [-0.4, -0.2) is 61.7 Å². The number of rotatable bonds is 5. The van der Waals surface area contributed by atoms with Crippen molar-refractivity contribution in [2.45, 2.75) is 51.7 Å². The van der Waals surface area contributed by atoms with Gasteiger partial charge >= 0.3 is 0 Å². The third-order valence-corrected chi connectivity index (χ3v) is 4.47. The van der Waals surface area contributed by atoms with Gasteiger partial charge in [-0.1, -0.05) is 13.8 Å². The molecule has 0 amide bonds. The Balaban J connectivity index is 1.66. The molecular weight excluding hydrogens is 254 g/mol. The van der Waals surface area contributed by atoms with Crippen LogP contribution < -0.4 is 0 Å². The highest BCUT2D eigenvalue weighted by molar-refractivity contribution is 4.74. The Labute approximate surface area is 123 Å². The summed E-state index contributed by atoms with van der Waals surface area (Å²) in [6.45, 7) is 9.68. The number of nitrogens with zero attached hydrogens (tertiary/aromatic N) is 1. The summed E-state index contributed by atoms with van der Waals surface area (Å²) in [5, 5.41) is 10.2. The zero-order valence-corrected chi connectivity index (χ0v) is 13.1. The summed E-state index contributed by atoms with van der Waals surface area (Å²) in [6.07, 6.45) is 4.40. The molecule has 0 aromatic rings. The van der Waals surface area contributed by atoms with Crippen LogP contribution in [0.1, 0.15) is 39.5 Å². The van der Waals surface area contributed by atoms with E-state index in [1.165, 1.54) is 12.8 Å². The lowest BCUT2D eigenvalue weighted by atomic mass is 9.97. The van der Waals surface area contributed by atoms with Crippen molar-refractivity contribution in [3.05, 3.63) is 0 Å². The molecule has 4 nitrogen and oxygen atoms in total. The van der Waals surface area contributed by atoms with E-state index in [2.05, 4.69) is 18.7 Å². The van der Waals surface area contributed by atoms with Gasteiger partial charge in [-0.25, -0.2) is 0 Å². The van der Waals surface area contributed by atoms with Crippen molar-refractivity contribution in [3.63, 3.8) is 0 Å². The zero-order valence-electron chi connectivity index (χ0n) is 13.1. The highest BCUT2D eigenvalue weighted by atomic mass is 16.5. The topological polar surface area (TPSA) is 41.9 Å². The lowest BCUT2D eigenvalue weighted by Gasteiger charge is -2.27. The maximum Gasteiger partial charge on any atom is 0.0900 e. The SMILES string of the molecule is CC1CCN(CC(O)COC2CCOCC2)CC(C)C1. The van der Waals surface area contributed by atoms with Gasteiger partial charge in [0.1, 0.15) is 0 Å². The highest BCUT2D eigenvalue weighted by Gasteiger charge is 2.22. The van der Waals surface area contributed by atoms with E-state index < -0.39 is 0 Å². The maximum atomic E-state index is 10.2. The lowest BCUT2D eigenvalue weighted by Crippen LogP contribution is -2.38. The second-order valence-corrected chi connectivity index (χ2v) is 6.79. The van der Waals surface area contributed by atoms with Crippen LogP contribution in [0.3, 0.4) is 0 Å². The van der Waals surface area contributed by atoms with E-state index in [-0.39, 0.29) is 12.2 Å². The van der Waals surface area contributed by atoms with Gasteiger partial charge in [0.15, 0.2) is 0 Å². The molecule has 0 spiro atoms. The van der Waals surface area contributed by atoms with Crippen molar-refractivity contribution in [1.82, 2.24) is 4.90 Å². The van der Waals surface area contributed by atoms with Crippen LogP contribution in [-0.2, 0) is 9.47 Å². The molecule has 0 aromatic carbocycles. The van der Waals surface area contributed by atoms with E-state index in [4.69, 9.17) is 9.47 Å². The number of β-amino-alcohol motifs (C(OH)–C–C–N with tert-alkyl or cyclic N) is 1. The fourth-order valence-electron chi connectivity index (χ4n) is 3.42. The summed E-state index contributed by atoms with van der Waals surface area (Å²) in [5.41, 5.74) is 0. The Morgan fingerprint density at radius 3 is 2.70 bits per heavy atom.